The third-order valence-corrected chi connectivity index (χ3v) is 2.69. The molecule has 0 saturated heterocycles. The molecule has 0 spiro atoms. The van der Waals surface area contributed by atoms with Crippen LogP contribution in [0, 0.1) is 0 Å². The summed E-state index contributed by atoms with van der Waals surface area (Å²) in [5, 5.41) is 0.998. The van der Waals surface area contributed by atoms with E-state index >= 15 is 0 Å². The molecule has 0 aromatic heterocycles. The minimum absolute atomic E-state index is 0.213. The molecule has 1 rings (SSSR count). The summed E-state index contributed by atoms with van der Waals surface area (Å²) in [6.45, 7) is 6.23. The minimum Gasteiger partial charge on any atom is -0.490 e. The van der Waals surface area contributed by atoms with E-state index in [0.717, 1.165) is 17.5 Å². The molecular weight excluding hydrogens is 264 g/mol. The highest BCUT2D eigenvalue weighted by atomic mass is 79.9. The fourth-order valence-corrected chi connectivity index (χ4v) is 1.76. The lowest BCUT2D eigenvalue weighted by molar-refractivity contribution is 0.242. The summed E-state index contributed by atoms with van der Waals surface area (Å²) in [5.41, 5.74) is 2.47. The number of hydrogen-bond donors (Lipinski definition) is 0. The van der Waals surface area contributed by atoms with Crippen molar-refractivity contribution in [1.82, 2.24) is 0 Å². The zero-order valence-electron chi connectivity index (χ0n) is 10.2. The number of hydrogen-bond acceptors (Lipinski definition) is 1. The van der Waals surface area contributed by atoms with Crippen LogP contribution in [-0.4, -0.2) is 11.4 Å². The van der Waals surface area contributed by atoms with Crippen LogP contribution in [0.3, 0.4) is 0 Å². The van der Waals surface area contributed by atoms with E-state index < -0.39 is 0 Å². The summed E-state index contributed by atoms with van der Waals surface area (Å²) in [6.07, 6.45) is 3.49. The molecule has 0 N–H and O–H groups in total. The lowest BCUT2D eigenvalue weighted by atomic mass is 10.1. The molecule has 0 amide bonds. The third kappa shape index (κ3) is 4.01. The van der Waals surface area contributed by atoms with Crippen LogP contribution < -0.4 is 4.74 Å². The second kappa shape index (κ2) is 6.74. The Labute approximate surface area is 107 Å². The Morgan fingerprint density at radius 3 is 2.69 bits per heavy atom. The van der Waals surface area contributed by atoms with Gasteiger partial charge in [-0.25, -0.2) is 0 Å². The van der Waals surface area contributed by atoms with Crippen molar-refractivity contribution in [2.75, 3.05) is 5.33 Å². The van der Waals surface area contributed by atoms with Crippen molar-refractivity contribution in [2.24, 2.45) is 0 Å². The first kappa shape index (κ1) is 13.3. The molecule has 2 heteroatoms. The topological polar surface area (TPSA) is 9.23 Å². The van der Waals surface area contributed by atoms with Gasteiger partial charge in [0.05, 0.1) is 6.10 Å². The first-order chi connectivity index (χ1) is 7.65. The molecule has 16 heavy (non-hydrogen) atoms. The number of benzene rings is 1. The standard InChI is InChI=1S/C14H19BrO/c1-11(2)16-14-9-5-4-8-13(14)12(3)7-6-10-15/h4-5,7-9,11H,6,10H2,1-3H3. The van der Waals surface area contributed by atoms with Gasteiger partial charge in [-0.15, -0.1) is 0 Å². The Morgan fingerprint density at radius 1 is 1.38 bits per heavy atom. The summed E-state index contributed by atoms with van der Waals surface area (Å²) in [7, 11) is 0. The molecule has 0 heterocycles. The van der Waals surface area contributed by atoms with Crippen molar-refractivity contribution in [2.45, 2.75) is 33.3 Å². The molecule has 0 aliphatic rings. The average molecular weight is 283 g/mol. The van der Waals surface area contributed by atoms with Crippen LogP contribution >= 0.6 is 15.9 Å². The van der Waals surface area contributed by atoms with E-state index in [9.17, 15) is 0 Å². The van der Waals surface area contributed by atoms with Gasteiger partial charge in [0.1, 0.15) is 5.75 Å². The van der Waals surface area contributed by atoms with Gasteiger partial charge >= 0.3 is 0 Å². The van der Waals surface area contributed by atoms with Gasteiger partial charge in [-0.3, -0.25) is 0 Å². The highest BCUT2D eigenvalue weighted by molar-refractivity contribution is 9.09. The van der Waals surface area contributed by atoms with E-state index in [-0.39, 0.29) is 6.10 Å². The molecule has 1 aromatic rings. The van der Waals surface area contributed by atoms with Crippen molar-refractivity contribution < 1.29 is 4.74 Å². The molecule has 1 aromatic carbocycles. The van der Waals surface area contributed by atoms with Gasteiger partial charge in [0.2, 0.25) is 0 Å². The van der Waals surface area contributed by atoms with Gasteiger partial charge in [0, 0.05) is 10.9 Å². The van der Waals surface area contributed by atoms with E-state index in [1.54, 1.807) is 0 Å². The number of halogens is 1. The lowest BCUT2D eigenvalue weighted by Gasteiger charge is -2.14. The second-order valence-corrected chi connectivity index (χ2v) is 4.82. The lowest BCUT2D eigenvalue weighted by Crippen LogP contribution is -2.06. The van der Waals surface area contributed by atoms with Crippen molar-refractivity contribution in [3.63, 3.8) is 0 Å². The van der Waals surface area contributed by atoms with Crippen LogP contribution in [0.25, 0.3) is 5.57 Å². The molecule has 88 valence electrons. The Bertz CT molecular complexity index is 356. The Morgan fingerprint density at radius 2 is 2.06 bits per heavy atom. The molecule has 0 aliphatic heterocycles. The second-order valence-electron chi connectivity index (χ2n) is 4.03. The van der Waals surface area contributed by atoms with Crippen molar-refractivity contribution in [1.29, 1.82) is 0 Å². The van der Waals surface area contributed by atoms with E-state index in [0.29, 0.717) is 0 Å². The van der Waals surface area contributed by atoms with Crippen LogP contribution in [0.5, 0.6) is 5.75 Å². The molecule has 0 bridgehead atoms. The highest BCUT2D eigenvalue weighted by Gasteiger charge is 2.05. The molecule has 0 saturated carbocycles. The first-order valence-electron chi connectivity index (χ1n) is 5.64. The third-order valence-electron chi connectivity index (χ3n) is 2.23. The summed E-state index contributed by atoms with van der Waals surface area (Å²) >= 11 is 3.43. The zero-order valence-corrected chi connectivity index (χ0v) is 11.8. The summed E-state index contributed by atoms with van der Waals surface area (Å²) in [5.74, 6) is 0.973. The average Bonchev–Trinajstić information content (AvgIpc) is 2.26. The molecule has 0 atom stereocenters. The predicted molar refractivity (Wildman–Crippen MR) is 74.3 cm³/mol. The van der Waals surface area contributed by atoms with Gasteiger partial charge in [-0.2, -0.15) is 0 Å². The molecule has 1 nitrogen and oxygen atoms in total. The molecular formula is C14H19BrO. The van der Waals surface area contributed by atoms with Crippen LogP contribution in [0.4, 0.5) is 0 Å². The van der Waals surface area contributed by atoms with Gasteiger partial charge in [0.15, 0.2) is 0 Å². The monoisotopic (exact) mass is 282 g/mol. The molecule has 0 unspecified atom stereocenters. The van der Waals surface area contributed by atoms with Gasteiger partial charge in [-0.05, 0) is 38.8 Å². The van der Waals surface area contributed by atoms with E-state index in [2.05, 4.69) is 35.0 Å². The normalized spacial score (nSPS) is 11.9. The number of alkyl halides is 1. The van der Waals surface area contributed by atoms with Crippen molar-refractivity contribution in [3.05, 3.63) is 35.9 Å². The SMILES string of the molecule is CC(=CCCBr)c1ccccc1OC(C)C. The Hall–Kier alpha value is -0.760. The van der Waals surface area contributed by atoms with Gasteiger partial charge in [-0.1, -0.05) is 40.2 Å². The largest absolute Gasteiger partial charge is 0.490 e. The quantitative estimate of drug-likeness (QED) is 0.714. The van der Waals surface area contributed by atoms with Crippen molar-refractivity contribution in [3.8, 4) is 5.75 Å². The number of allylic oxidation sites excluding steroid dienone is 2. The molecule has 0 radical (unpaired) electrons. The first-order valence-corrected chi connectivity index (χ1v) is 6.76. The van der Waals surface area contributed by atoms with Crippen molar-refractivity contribution >= 4 is 21.5 Å². The number of para-hydroxylation sites is 1. The van der Waals surface area contributed by atoms with Gasteiger partial charge < -0.3 is 4.74 Å². The van der Waals surface area contributed by atoms with E-state index in [1.165, 1.54) is 11.1 Å². The summed E-state index contributed by atoms with van der Waals surface area (Å²) < 4.78 is 5.79. The zero-order chi connectivity index (χ0) is 12.0. The number of rotatable bonds is 5. The fraction of sp³-hybridized carbons (Fsp3) is 0.429. The van der Waals surface area contributed by atoms with Crippen LogP contribution in [-0.2, 0) is 0 Å². The Balaban J connectivity index is 2.93. The summed E-state index contributed by atoms with van der Waals surface area (Å²) in [6, 6.07) is 8.20. The van der Waals surface area contributed by atoms with Crippen LogP contribution in [0.15, 0.2) is 30.3 Å². The maximum absolute atomic E-state index is 5.79. The highest BCUT2D eigenvalue weighted by Crippen LogP contribution is 2.26. The smallest absolute Gasteiger partial charge is 0.127 e. The van der Waals surface area contributed by atoms with Crippen LogP contribution in [0.2, 0.25) is 0 Å². The van der Waals surface area contributed by atoms with Crippen LogP contribution in [0.1, 0.15) is 32.8 Å². The maximum Gasteiger partial charge on any atom is 0.127 e. The van der Waals surface area contributed by atoms with Gasteiger partial charge in [0.25, 0.3) is 0 Å². The fourth-order valence-electron chi connectivity index (χ4n) is 1.53. The van der Waals surface area contributed by atoms with E-state index in [4.69, 9.17) is 4.74 Å². The predicted octanol–water partition coefficient (Wildman–Crippen LogP) is 4.66. The number of ether oxygens (including phenoxy) is 1. The Kier molecular flexibility index (Phi) is 5.61. The van der Waals surface area contributed by atoms with E-state index in [1.807, 2.05) is 32.0 Å². The minimum atomic E-state index is 0.213. The molecule has 0 fully saturated rings. The summed E-state index contributed by atoms with van der Waals surface area (Å²) in [4.78, 5) is 0. The maximum atomic E-state index is 5.79. The molecule has 0 aliphatic carbocycles.